The third-order valence-corrected chi connectivity index (χ3v) is 63.6. The van der Waals surface area contributed by atoms with E-state index in [-0.39, 0.29) is 12.7 Å². The van der Waals surface area contributed by atoms with Gasteiger partial charge in [-0.1, -0.05) is 0 Å². The molecule has 5 aromatic carbocycles. The Morgan fingerprint density at radius 1 is 0.673 bits per heavy atom. The molecule has 0 bridgehead atoms. The molecule has 0 fully saturated rings. The van der Waals surface area contributed by atoms with Crippen LogP contribution in [0.5, 0.6) is 0 Å². The third-order valence-electron chi connectivity index (χ3n) is 11.7. The number of hydrogen-bond donors (Lipinski definition) is 0. The summed E-state index contributed by atoms with van der Waals surface area (Å²) in [5, 5.41) is 2.54. The molecule has 4 heteroatoms. The zero-order chi connectivity index (χ0) is 35.1. The Bertz CT molecular complexity index is 2170. The van der Waals surface area contributed by atoms with Crippen LogP contribution in [0.15, 0.2) is 108 Å². The Morgan fingerprint density at radius 2 is 1.33 bits per heavy atom. The molecule has 0 aromatic heterocycles. The van der Waals surface area contributed by atoms with Gasteiger partial charge in [-0.15, -0.1) is 0 Å². The summed E-state index contributed by atoms with van der Waals surface area (Å²) in [5.41, 5.74) is 16.0. The standard InChI is InChI=1S/C22H25.C21H17.C2H7Si.2ClH.Zr/c1-15(2)18-13-17-7-6-8-20(21(17)14-18)16-9-11-19(12-10-16)22(3,4)5;1-14-12-20-15(2)10-11-19(21(20)13-14)18-9-5-7-16-6-3-4-8-17(16)18;1-3-2;;;/h6-15H,1-5H3;3-13H,1-2H3;3H,1-2H3;2*1H;/q;;;;;+2/p-2. The molecule has 0 spiro atoms. The van der Waals surface area contributed by atoms with Crippen molar-refractivity contribution in [2.45, 2.75) is 74.2 Å². The molecule has 0 aliphatic heterocycles. The van der Waals surface area contributed by atoms with E-state index in [1.54, 1.807) is 0 Å². The molecular formula is C45H49Cl2SiZr. The van der Waals surface area contributed by atoms with Gasteiger partial charge in [-0.2, -0.15) is 0 Å². The van der Waals surface area contributed by atoms with Crippen LogP contribution in [-0.4, -0.2) is 5.92 Å². The van der Waals surface area contributed by atoms with E-state index >= 15 is 0 Å². The van der Waals surface area contributed by atoms with Gasteiger partial charge in [0, 0.05) is 0 Å². The van der Waals surface area contributed by atoms with Gasteiger partial charge in [-0.25, -0.2) is 0 Å². The molecule has 0 radical (unpaired) electrons. The minimum absolute atomic E-state index is 0.0641. The number of aryl methyl sites for hydroxylation is 1. The minimum atomic E-state index is -4.89. The molecule has 0 heterocycles. The molecule has 2 atom stereocenters. The van der Waals surface area contributed by atoms with Crippen LogP contribution in [0.1, 0.15) is 82.2 Å². The van der Waals surface area contributed by atoms with Crippen molar-refractivity contribution in [3.63, 3.8) is 0 Å². The molecule has 0 nitrogen and oxygen atoms in total. The predicted octanol–water partition coefficient (Wildman–Crippen LogP) is 14.0. The van der Waals surface area contributed by atoms with E-state index in [9.17, 15) is 0 Å². The van der Waals surface area contributed by atoms with Crippen LogP contribution in [0.2, 0.25) is 13.1 Å². The Hall–Kier alpha value is -2.48. The molecule has 49 heavy (non-hydrogen) atoms. The first-order valence-corrected chi connectivity index (χ1v) is 34.3. The third kappa shape index (κ3) is 5.47. The molecular weight excluding hydrogens is 731 g/mol. The second kappa shape index (κ2) is 12.3. The van der Waals surface area contributed by atoms with E-state index in [2.05, 4.69) is 171 Å². The van der Waals surface area contributed by atoms with Gasteiger partial charge >= 0.3 is 305 Å². The molecule has 0 saturated heterocycles. The SMILES string of the molecule is CC1=Cc2c(-c3cccc4ccccc34)ccc(C)c2[CH]1[Zr]([Cl])([Cl])([CH]1C(C(C)C)=Cc2c(-c3ccc(C(C)(C)C)cc3)cccc21)[SiH](C)C. The summed E-state index contributed by atoms with van der Waals surface area (Å²) in [6.45, 7) is 21.0. The maximum atomic E-state index is 8.72. The van der Waals surface area contributed by atoms with Crippen LogP contribution in [0, 0.1) is 12.8 Å². The van der Waals surface area contributed by atoms with Crippen molar-refractivity contribution in [1.82, 2.24) is 0 Å². The average Bonchev–Trinajstić information content (AvgIpc) is 3.65. The quantitative estimate of drug-likeness (QED) is 0.151. The second-order valence-electron chi connectivity index (χ2n) is 16.4. The predicted molar refractivity (Wildman–Crippen MR) is 217 cm³/mol. The second-order valence-corrected chi connectivity index (χ2v) is 58.9. The van der Waals surface area contributed by atoms with Gasteiger partial charge in [0.2, 0.25) is 0 Å². The Labute approximate surface area is 303 Å². The summed E-state index contributed by atoms with van der Waals surface area (Å²) in [5.74, 6) is -1.33. The molecule has 251 valence electrons. The van der Waals surface area contributed by atoms with E-state index in [1.165, 1.54) is 77.6 Å². The number of fused-ring (bicyclic) bond motifs is 3. The molecule has 0 amide bonds. The van der Waals surface area contributed by atoms with Crippen molar-refractivity contribution in [3.05, 3.63) is 142 Å². The molecule has 7 rings (SSSR count). The summed E-state index contributed by atoms with van der Waals surface area (Å²) in [6, 6.07) is 36.1. The van der Waals surface area contributed by atoms with Crippen LogP contribution >= 0.6 is 17.0 Å². The van der Waals surface area contributed by atoms with E-state index in [4.69, 9.17) is 17.0 Å². The van der Waals surface area contributed by atoms with Gasteiger partial charge in [0.05, 0.1) is 0 Å². The summed E-state index contributed by atoms with van der Waals surface area (Å²) < 4.78 is 0.134. The zero-order valence-corrected chi connectivity index (χ0v) is 35.6. The topological polar surface area (TPSA) is 0 Å². The molecule has 0 N–H and O–H groups in total. The first kappa shape index (κ1) is 34.9. The van der Waals surface area contributed by atoms with Crippen LogP contribution < -0.4 is 0 Å². The number of allylic oxidation sites excluding steroid dienone is 2. The first-order valence-electron chi connectivity index (χ1n) is 17.9. The van der Waals surface area contributed by atoms with Crippen molar-refractivity contribution >= 4 is 45.9 Å². The first-order chi connectivity index (χ1) is 23.1. The van der Waals surface area contributed by atoms with Crippen molar-refractivity contribution in [1.29, 1.82) is 0 Å². The van der Waals surface area contributed by atoms with Gasteiger partial charge in [-0.05, 0) is 0 Å². The maximum absolute atomic E-state index is 8.72. The van der Waals surface area contributed by atoms with Gasteiger partial charge in [0.1, 0.15) is 0 Å². The number of hydrogen-bond acceptors (Lipinski definition) is 0. The van der Waals surface area contributed by atoms with Crippen LogP contribution in [0.25, 0.3) is 45.2 Å². The number of rotatable bonds is 6. The van der Waals surface area contributed by atoms with Crippen LogP contribution in [-0.2, 0) is 21.0 Å². The Kier molecular flexibility index (Phi) is 8.80. The van der Waals surface area contributed by atoms with Crippen molar-refractivity contribution in [3.8, 4) is 22.3 Å². The molecule has 2 aliphatic carbocycles. The molecule has 2 aliphatic rings. The van der Waals surface area contributed by atoms with Crippen LogP contribution in [0.4, 0.5) is 0 Å². The van der Waals surface area contributed by atoms with Crippen molar-refractivity contribution in [2.75, 3.05) is 0 Å². The number of benzene rings is 5. The molecule has 2 unspecified atom stereocenters. The fourth-order valence-electron chi connectivity index (χ4n) is 9.00. The van der Waals surface area contributed by atoms with Gasteiger partial charge in [0.15, 0.2) is 0 Å². The molecule has 5 aromatic rings. The Balaban J connectivity index is 1.44. The molecule has 0 saturated carbocycles. The fraction of sp³-hybridized carbons (Fsp3) is 0.289. The van der Waals surface area contributed by atoms with E-state index in [0.29, 0.717) is 5.92 Å². The van der Waals surface area contributed by atoms with Crippen molar-refractivity contribution in [2.24, 2.45) is 5.92 Å². The summed E-state index contributed by atoms with van der Waals surface area (Å²) in [7, 11) is 17.4. The fourth-order valence-corrected chi connectivity index (χ4v) is 41.3. The number of halogens is 2. The van der Waals surface area contributed by atoms with E-state index < -0.39 is 21.5 Å². The zero-order valence-electron chi connectivity index (χ0n) is 30.5. The summed E-state index contributed by atoms with van der Waals surface area (Å²) >= 11 is -4.89. The Morgan fingerprint density at radius 3 is 2.00 bits per heavy atom. The van der Waals surface area contributed by atoms with E-state index in [1.807, 2.05) is 0 Å². The normalized spacial score (nSPS) is 18.3. The van der Waals surface area contributed by atoms with Gasteiger partial charge in [-0.3, -0.25) is 0 Å². The van der Waals surface area contributed by atoms with Crippen LogP contribution in [0.3, 0.4) is 0 Å². The van der Waals surface area contributed by atoms with Crippen molar-refractivity contribution < 1.29 is 15.6 Å². The average molecular weight is 780 g/mol. The summed E-state index contributed by atoms with van der Waals surface area (Å²) in [6.07, 6.45) is 4.93. The van der Waals surface area contributed by atoms with Gasteiger partial charge in [0.25, 0.3) is 0 Å². The van der Waals surface area contributed by atoms with Gasteiger partial charge < -0.3 is 0 Å². The summed E-state index contributed by atoms with van der Waals surface area (Å²) in [4.78, 5) is 0. The monoisotopic (exact) mass is 777 g/mol. The van der Waals surface area contributed by atoms with E-state index in [0.717, 1.165) is 0 Å².